The zero-order valence-corrected chi connectivity index (χ0v) is 16.2. The topological polar surface area (TPSA) is 45.5 Å². The van der Waals surface area contributed by atoms with Gasteiger partial charge in [0.2, 0.25) is 0 Å². The highest BCUT2D eigenvalue weighted by molar-refractivity contribution is 9.10. The maximum absolute atomic E-state index is 12.9. The lowest BCUT2D eigenvalue weighted by molar-refractivity contribution is 0.184. The fraction of sp³-hybridized carbons (Fsp3) is 0.211. The number of hydrogen-bond acceptors (Lipinski definition) is 3. The van der Waals surface area contributed by atoms with Crippen molar-refractivity contribution in [3.8, 4) is 0 Å². The summed E-state index contributed by atoms with van der Waals surface area (Å²) in [7, 11) is 0. The molecule has 130 valence electrons. The molecule has 2 amide bonds. The van der Waals surface area contributed by atoms with Gasteiger partial charge in [0.15, 0.2) is 0 Å². The summed E-state index contributed by atoms with van der Waals surface area (Å²) in [6, 6.07) is 15.4. The number of furan rings is 1. The molecule has 0 saturated heterocycles. The second-order valence-corrected chi connectivity index (χ2v) is 7.59. The van der Waals surface area contributed by atoms with Gasteiger partial charge in [-0.25, -0.2) is 4.79 Å². The Morgan fingerprint density at radius 1 is 1.20 bits per heavy atom. The average Bonchev–Trinajstić information content (AvgIpc) is 3.28. The van der Waals surface area contributed by atoms with E-state index in [4.69, 9.17) is 4.42 Å². The van der Waals surface area contributed by atoms with Gasteiger partial charge in [-0.05, 0) is 42.1 Å². The molecule has 0 aliphatic carbocycles. The molecule has 0 aliphatic rings. The number of carbonyl (C=O) groups excluding carboxylic acids is 1. The molecular formula is C19H19BrN2O2S. The smallest absolute Gasteiger partial charge is 0.318 e. The monoisotopic (exact) mass is 418 g/mol. The quantitative estimate of drug-likeness (QED) is 0.567. The first-order valence-corrected chi connectivity index (χ1v) is 9.65. The van der Waals surface area contributed by atoms with Crippen LogP contribution in [-0.4, -0.2) is 10.9 Å². The molecule has 2 heterocycles. The van der Waals surface area contributed by atoms with Crippen molar-refractivity contribution in [1.29, 1.82) is 0 Å². The summed E-state index contributed by atoms with van der Waals surface area (Å²) < 4.78 is 6.40. The van der Waals surface area contributed by atoms with E-state index in [0.717, 1.165) is 20.7 Å². The molecule has 3 aromatic rings. The molecule has 2 aromatic heterocycles. The Hall–Kier alpha value is -2.05. The Morgan fingerprint density at radius 2 is 2.04 bits per heavy atom. The predicted octanol–water partition coefficient (Wildman–Crippen LogP) is 5.58. The summed E-state index contributed by atoms with van der Waals surface area (Å²) in [5.41, 5.74) is 1.05. The molecular weight excluding hydrogens is 400 g/mol. The number of thiophene rings is 1. The van der Waals surface area contributed by atoms with Crippen LogP contribution >= 0.6 is 27.3 Å². The third-order valence-corrected chi connectivity index (χ3v) is 5.44. The van der Waals surface area contributed by atoms with Gasteiger partial charge in [-0.1, -0.05) is 40.2 Å². The van der Waals surface area contributed by atoms with Gasteiger partial charge in [0.25, 0.3) is 0 Å². The Kier molecular flexibility index (Phi) is 5.94. The van der Waals surface area contributed by atoms with Crippen molar-refractivity contribution in [2.75, 3.05) is 0 Å². The van der Waals surface area contributed by atoms with E-state index >= 15 is 0 Å². The lowest BCUT2D eigenvalue weighted by atomic mass is 10.1. The molecule has 1 atom stereocenters. The molecule has 25 heavy (non-hydrogen) atoms. The van der Waals surface area contributed by atoms with Gasteiger partial charge in [0, 0.05) is 9.35 Å². The first kappa shape index (κ1) is 17.8. The van der Waals surface area contributed by atoms with Crippen LogP contribution < -0.4 is 5.32 Å². The minimum absolute atomic E-state index is 0.106. The molecule has 0 fully saturated rings. The van der Waals surface area contributed by atoms with E-state index in [2.05, 4.69) is 21.2 Å². The molecule has 0 aliphatic heterocycles. The normalized spacial score (nSPS) is 11.9. The number of urea groups is 1. The van der Waals surface area contributed by atoms with Crippen molar-refractivity contribution in [2.24, 2.45) is 0 Å². The van der Waals surface area contributed by atoms with E-state index in [1.807, 2.05) is 60.8 Å². The van der Waals surface area contributed by atoms with E-state index in [1.54, 1.807) is 22.5 Å². The Labute approximate surface area is 159 Å². The molecule has 1 aromatic carbocycles. The van der Waals surface area contributed by atoms with Gasteiger partial charge in [0.1, 0.15) is 5.76 Å². The second-order valence-electron chi connectivity index (χ2n) is 5.71. The van der Waals surface area contributed by atoms with Gasteiger partial charge in [0.05, 0.1) is 25.4 Å². The summed E-state index contributed by atoms with van der Waals surface area (Å²) >= 11 is 5.18. The molecule has 0 spiro atoms. The first-order chi connectivity index (χ1) is 12.1. The summed E-state index contributed by atoms with van der Waals surface area (Å²) in [5.74, 6) is 0.764. The summed E-state index contributed by atoms with van der Waals surface area (Å²) in [4.78, 5) is 15.7. The van der Waals surface area contributed by atoms with Gasteiger partial charge in [-0.15, -0.1) is 11.3 Å². The van der Waals surface area contributed by atoms with Crippen LogP contribution in [0.2, 0.25) is 0 Å². The highest BCUT2D eigenvalue weighted by atomic mass is 79.9. The van der Waals surface area contributed by atoms with Crippen LogP contribution in [0.3, 0.4) is 0 Å². The summed E-state index contributed by atoms with van der Waals surface area (Å²) in [6.45, 7) is 2.96. The van der Waals surface area contributed by atoms with Crippen LogP contribution in [0.25, 0.3) is 0 Å². The fourth-order valence-electron chi connectivity index (χ4n) is 2.56. The van der Waals surface area contributed by atoms with Gasteiger partial charge >= 0.3 is 6.03 Å². The largest absolute Gasteiger partial charge is 0.467 e. The average molecular weight is 419 g/mol. The van der Waals surface area contributed by atoms with Crippen LogP contribution in [0.1, 0.15) is 29.2 Å². The zero-order chi connectivity index (χ0) is 17.6. The number of benzene rings is 1. The maximum Gasteiger partial charge on any atom is 0.318 e. The van der Waals surface area contributed by atoms with Gasteiger partial charge in [-0.2, -0.15) is 0 Å². The van der Waals surface area contributed by atoms with Crippen LogP contribution in [-0.2, 0) is 13.1 Å². The standard InChI is InChI=1S/C19H19BrN2O2S/c1-14(17-8-2-3-9-18(17)20)21-19(23)22(12-15-6-4-10-24-15)13-16-7-5-11-25-16/h2-11,14H,12-13H2,1H3,(H,21,23). The van der Waals surface area contributed by atoms with Crippen molar-refractivity contribution in [3.63, 3.8) is 0 Å². The van der Waals surface area contributed by atoms with Gasteiger partial charge < -0.3 is 14.6 Å². The van der Waals surface area contributed by atoms with Gasteiger partial charge in [-0.3, -0.25) is 0 Å². The third-order valence-electron chi connectivity index (χ3n) is 3.85. The lowest BCUT2D eigenvalue weighted by Crippen LogP contribution is -2.40. The fourth-order valence-corrected chi connectivity index (χ4v) is 3.91. The highest BCUT2D eigenvalue weighted by Gasteiger charge is 2.19. The Morgan fingerprint density at radius 3 is 2.72 bits per heavy atom. The number of amides is 2. The SMILES string of the molecule is CC(NC(=O)N(Cc1ccco1)Cc1cccs1)c1ccccc1Br. The maximum atomic E-state index is 12.9. The number of halogens is 1. The number of carbonyl (C=O) groups is 1. The number of hydrogen-bond donors (Lipinski definition) is 1. The summed E-state index contributed by atoms with van der Waals surface area (Å²) in [5, 5.41) is 5.10. The van der Waals surface area contributed by atoms with E-state index in [9.17, 15) is 4.79 Å². The second kappa shape index (κ2) is 8.36. The van der Waals surface area contributed by atoms with Crippen LogP contribution in [0.5, 0.6) is 0 Å². The summed E-state index contributed by atoms with van der Waals surface area (Å²) in [6.07, 6.45) is 1.63. The van der Waals surface area contributed by atoms with E-state index < -0.39 is 0 Å². The van der Waals surface area contributed by atoms with Crippen LogP contribution in [0.4, 0.5) is 4.79 Å². The number of nitrogens with one attached hydrogen (secondary N) is 1. The molecule has 0 saturated carbocycles. The Balaban J connectivity index is 1.72. The van der Waals surface area contributed by atoms with E-state index in [0.29, 0.717) is 13.1 Å². The van der Waals surface area contributed by atoms with E-state index in [-0.39, 0.29) is 12.1 Å². The molecule has 6 heteroatoms. The molecule has 0 radical (unpaired) electrons. The zero-order valence-electron chi connectivity index (χ0n) is 13.8. The van der Waals surface area contributed by atoms with Crippen LogP contribution in [0, 0.1) is 0 Å². The van der Waals surface area contributed by atoms with Crippen molar-refractivity contribution < 1.29 is 9.21 Å². The van der Waals surface area contributed by atoms with Crippen molar-refractivity contribution in [2.45, 2.75) is 26.1 Å². The number of rotatable bonds is 6. The highest BCUT2D eigenvalue weighted by Crippen LogP contribution is 2.23. The van der Waals surface area contributed by atoms with Crippen molar-refractivity contribution >= 4 is 33.3 Å². The van der Waals surface area contributed by atoms with Crippen molar-refractivity contribution in [3.05, 3.63) is 80.8 Å². The molecule has 3 rings (SSSR count). The minimum atomic E-state index is -0.118. The molecule has 0 bridgehead atoms. The van der Waals surface area contributed by atoms with Crippen molar-refractivity contribution in [1.82, 2.24) is 10.2 Å². The first-order valence-electron chi connectivity index (χ1n) is 7.98. The lowest BCUT2D eigenvalue weighted by Gasteiger charge is -2.24. The third kappa shape index (κ3) is 4.74. The Bertz CT molecular complexity index is 766. The van der Waals surface area contributed by atoms with E-state index in [1.165, 1.54) is 0 Å². The number of nitrogens with zero attached hydrogens (tertiary/aromatic N) is 1. The minimum Gasteiger partial charge on any atom is -0.467 e. The van der Waals surface area contributed by atoms with Crippen LogP contribution in [0.15, 0.2) is 69.1 Å². The molecule has 4 nitrogen and oxygen atoms in total. The molecule has 1 unspecified atom stereocenters. The molecule has 1 N–H and O–H groups in total. The predicted molar refractivity (Wildman–Crippen MR) is 103 cm³/mol.